The highest BCUT2D eigenvalue weighted by atomic mass is 35.5. The molecule has 0 aliphatic rings. The standard InChI is InChI=1S/C7H14ClNS/c1-5(2)9(6(3)4)7(8)10/h5-6H,1-4H3. The number of halogens is 1. The summed E-state index contributed by atoms with van der Waals surface area (Å²) in [6.07, 6.45) is 0. The van der Waals surface area contributed by atoms with Gasteiger partial charge < -0.3 is 4.90 Å². The quantitative estimate of drug-likeness (QED) is 0.364. The minimum atomic E-state index is 0.394. The zero-order valence-corrected chi connectivity index (χ0v) is 8.46. The normalized spacial score (nSPS) is 10.7. The molecule has 0 bridgehead atoms. The van der Waals surface area contributed by atoms with Crippen LogP contribution in [0.5, 0.6) is 0 Å². The summed E-state index contributed by atoms with van der Waals surface area (Å²) in [6.45, 7) is 8.31. The van der Waals surface area contributed by atoms with Gasteiger partial charge in [-0.25, -0.2) is 0 Å². The van der Waals surface area contributed by atoms with Crippen LogP contribution in [0.2, 0.25) is 0 Å². The first kappa shape index (κ1) is 10.2. The second-order valence-corrected chi connectivity index (χ2v) is 3.82. The van der Waals surface area contributed by atoms with Crippen LogP contribution in [0.15, 0.2) is 0 Å². The Balaban J connectivity index is 4.12. The van der Waals surface area contributed by atoms with Crippen molar-refractivity contribution in [1.82, 2.24) is 4.90 Å². The number of hydrogen-bond acceptors (Lipinski definition) is 1. The molecule has 1 nitrogen and oxygen atoms in total. The molecule has 0 aromatic rings. The second-order valence-electron chi connectivity index (χ2n) is 2.85. The zero-order valence-electron chi connectivity index (χ0n) is 6.89. The predicted molar refractivity (Wildman–Crippen MR) is 50.6 cm³/mol. The predicted octanol–water partition coefficient (Wildman–Crippen LogP) is 2.63. The lowest BCUT2D eigenvalue weighted by molar-refractivity contribution is 0.302. The van der Waals surface area contributed by atoms with Crippen LogP contribution >= 0.6 is 23.8 Å². The molecule has 0 aliphatic carbocycles. The van der Waals surface area contributed by atoms with Crippen LogP contribution in [-0.4, -0.2) is 21.4 Å². The fraction of sp³-hybridized carbons (Fsp3) is 0.857. The minimum Gasteiger partial charge on any atom is -0.349 e. The van der Waals surface area contributed by atoms with Crippen LogP contribution in [0, 0.1) is 0 Å². The molecule has 10 heavy (non-hydrogen) atoms. The van der Waals surface area contributed by atoms with Gasteiger partial charge in [0, 0.05) is 12.1 Å². The van der Waals surface area contributed by atoms with E-state index in [0.717, 1.165) is 0 Å². The first-order valence-corrected chi connectivity index (χ1v) is 4.23. The van der Waals surface area contributed by atoms with E-state index in [1.165, 1.54) is 0 Å². The maximum Gasteiger partial charge on any atom is 0.170 e. The maximum absolute atomic E-state index is 5.69. The number of thiocarbonyl (C=S) groups is 1. The lowest BCUT2D eigenvalue weighted by atomic mass is 10.2. The molecule has 0 rings (SSSR count). The van der Waals surface area contributed by atoms with Gasteiger partial charge in [-0.3, -0.25) is 0 Å². The number of hydrogen-bond donors (Lipinski definition) is 0. The summed E-state index contributed by atoms with van der Waals surface area (Å²) in [5.41, 5.74) is 0. The van der Waals surface area contributed by atoms with Crippen molar-refractivity contribution in [2.45, 2.75) is 39.8 Å². The zero-order chi connectivity index (χ0) is 8.31. The van der Waals surface area contributed by atoms with E-state index in [1.54, 1.807) is 0 Å². The third-order valence-corrected chi connectivity index (χ3v) is 1.72. The van der Waals surface area contributed by atoms with Crippen LogP contribution < -0.4 is 0 Å². The first-order chi connectivity index (χ1) is 4.46. The topological polar surface area (TPSA) is 3.24 Å². The van der Waals surface area contributed by atoms with E-state index in [0.29, 0.717) is 16.5 Å². The summed E-state index contributed by atoms with van der Waals surface area (Å²) < 4.78 is 0.463. The average Bonchev–Trinajstić information content (AvgIpc) is 1.59. The van der Waals surface area contributed by atoms with Crippen molar-refractivity contribution in [3.05, 3.63) is 0 Å². The van der Waals surface area contributed by atoms with Gasteiger partial charge in [-0.1, -0.05) is 11.6 Å². The lowest BCUT2D eigenvalue weighted by Gasteiger charge is -2.30. The summed E-state index contributed by atoms with van der Waals surface area (Å²) in [6, 6.07) is 0.787. The van der Waals surface area contributed by atoms with Crippen molar-refractivity contribution in [1.29, 1.82) is 0 Å². The molecule has 3 heteroatoms. The summed E-state index contributed by atoms with van der Waals surface area (Å²) in [4.78, 5) is 2.00. The van der Waals surface area contributed by atoms with Gasteiger partial charge in [-0.05, 0) is 39.9 Å². The van der Waals surface area contributed by atoms with Gasteiger partial charge in [0.15, 0.2) is 4.45 Å². The van der Waals surface area contributed by atoms with Crippen molar-refractivity contribution in [3.63, 3.8) is 0 Å². The van der Waals surface area contributed by atoms with Crippen LogP contribution in [0.1, 0.15) is 27.7 Å². The molecule has 0 aliphatic heterocycles. The van der Waals surface area contributed by atoms with Crippen molar-refractivity contribution < 1.29 is 0 Å². The summed E-state index contributed by atoms with van der Waals surface area (Å²) in [5.74, 6) is 0. The van der Waals surface area contributed by atoms with Crippen molar-refractivity contribution in [3.8, 4) is 0 Å². The molecule has 0 aromatic carbocycles. The Labute approximate surface area is 73.4 Å². The molecule has 0 amide bonds. The van der Waals surface area contributed by atoms with Gasteiger partial charge in [-0.15, -0.1) is 0 Å². The summed E-state index contributed by atoms with van der Waals surface area (Å²) in [5, 5.41) is 0. The monoisotopic (exact) mass is 179 g/mol. The highest BCUT2D eigenvalue weighted by Gasteiger charge is 2.13. The molecule has 0 spiro atoms. The van der Waals surface area contributed by atoms with E-state index in [9.17, 15) is 0 Å². The Bertz CT molecular complexity index is 115. The summed E-state index contributed by atoms with van der Waals surface area (Å²) >= 11 is 10.6. The minimum absolute atomic E-state index is 0.394. The molecule has 0 fully saturated rings. The molecule has 60 valence electrons. The molecular weight excluding hydrogens is 166 g/mol. The van der Waals surface area contributed by atoms with Crippen molar-refractivity contribution in [2.24, 2.45) is 0 Å². The largest absolute Gasteiger partial charge is 0.349 e. The number of nitrogens with zero attached hydrogens (tertiary/aromatic N) is 1. The molecule has 0 radical (unpaired) electrons. The Morgan fingerprint density at radius 1 is 1.20 bits per heavy atom. The van der Waals surface area contributed by atoms with Crippen molar-refractivity contribution >= 4 is 28.3 Å². The Morgan fingerprint density at radius 2 is 1.50 bits per heavy atom. The van der Waals surface area contributed by atoms with Gasteiger partial charge in [-0.2, -0.15) is 0 Å². The van der Waals surface area contributed by atoms with Crippen LogP contribution in [0.4, 0.5) is 0 Å². The third-order valence-electron chi connectivity index (χ3n) is 1.32. The molecule has 0 N–H and O–H groups in total. The lowest BCUT2D eigenvalue weighted by Crippen LogP contribution is -2.38. The van der Waals surface area contributed by atoms with Crippen LogP contribution in [-0.2, 0) is 0 Å². The average molecular weight is 180 g/mol. The number of rotatable bonds is 2. The van der Waals surface area contributed by atoms with Crippen LogP contribution in [0.3, 0.4) is 0 Å². The molecule has 0 atom stereocenters. The van der Waals surface area contributed by atoms with E-state index in [1.807, 2.05) is 4.90 Å². The Hall–Kier alpha value is 0.180. The smallest absolute Gasteiger partial charge is 0.170 e. The maximum atomic E-state index is 5.69. The Kier molecular flexibility index (Phi) is 4.22. The Morgan fingerprint density at radius 3 is 1.50 bits per heavy atom. The van der Waals surface area contributed by atoms with E-state index < -0.39 is 0 Å². The van der Waals surface area contributed by atoms with Crippen LogP contribution in [0.25, 0.3) is 0 Å². The SMILES string of the molecule is CC(C)N(C(=S)Cl)C(C)C. The fourth-order valence-corrected chi connectivity index (χ4v) is 1.81. The van der Waals surface area contributed by atoms with E-state index >= 15 is 0 Å². The second kappa shape index (κ2) is 4.14. The van der Waals surface area contributed by atoms with E-state index in [-0.39, 0.29) is 0 Å². The van der Waals surface area contributed by atoms with Gasteiger partial charge in [0.25, 0.3) is 0 Å². The fourth-order valence-electron chi connectivity index (χ4n) is 1.00. The summed E-state index contributed by atoms with van der Waals surface area (Å²) in [7, 11) is 0. The highest BCUT2D eigenvalue weighted by Crippen LogP contribution is 2.08. The third kappa shape index (κ3) is 2.84. The van der Waals surface area contributed by atoms with Gasteiger partial charge in [0.1, 0.15) is 0 Å². The highest BCUT2D eigenvalue weighted by molar-refractivity contribution is 7.83. The molecule has 0 saturated carbocycles. The van der Waals surface area contributed by atoms with Gasteiger partial charge in [0.2, 0.25) is 0 Å². The van der Waals surface area contributed by atoms with Crippen molar-refractivity contribution in [2.75, 3.05) is 0 Å². The molecular formula is C7H14ClNS. The molecule has 0 saturated heterocycles. The molecule has 0 unspecified atom stereocenters. The van der Waals surface area contributed by atoms with Gasteiger partial charge >= 0.3 is 0 Å². The first-order valence-electron chi connectivity index (χ1n) is 3.44. The van der Waals surface area contributed by atoms with E-state index in [2.05, 4.69) is 27.7 Å². The molecule has 0 aromatic heterocycles. The van der Waals surface area contributed by atoms with E-state index in [4.69, 9.17) is 23.8 Å². The van der Waals surface area contributed by atoms with Gasteiger partial charge in [0.05, 0.1) is 0 Å². The molecule has 0 heterocycles.